The smallest absolute Gasteiger partial charge is 0.156 e. The Morgan fingerprint density at radius 3 is 2.56 bits per heavy atom. The number of aliphatic imine (C=N–C) groups is 1. The third kappa shape index (κ3) is 4.19. The van der Waals surface area contributed by atoms with Crippen LogP contribution in [0.1, 0.15) is 49.2 Å². The van der Waals surface area contributed by atoms with E-state index in [1.54, 1.807) is 37.0 Å². The van der Waals surface area contributed by atoms with Crippen molar-refractivity contribution in [2.75, 3.05) is 5.32 Å². The topological polar surface area (TPSA) is 117 Å². The highest BCUT2D eigenvalue weighted by molar-refractivity contribution is 6.05. The number of nitrogens with zero attached hydrogens (tertiary/aromatic N) is 6. The zero-order valence-electron chi connectivity index (χ0n) is 20.0. The van der Waals surface area contributed by atoms with Gasteiger partial charge in [0.1, 0.15) is 11.7 Å². The fourth-order valence-corrected chi connectivity index (χ4v) is 4.68. The van der Waals surface area contributed by atoms with Crippen LogP contribution in [0.5, 0.6) is 0 Å². The van der Waals surface area contributed by atoms with Crippen LogP contribution in [-0.4, -0.2) is 41.7 Å². The van der Waals surface area contributed by atoms with Crippen LogP contribution in [0, 0.1) is 25.2 Å². The maximum absolute atomic E-state index is 10.6. The maximum atomic E-state index is 10.6. The Balaban J connectivity index is 1.57. The van der Waals surface area contributed by atoms with E-state index in [4.69, 9.17) is 15.5 Å². The lowest BCUT2D eigenvalue weighted by Gasteiger charge is -2.18. The first kappa shape index (κ1) is 22.2. The molecule has 0 unspecified atom stereocenters. The minimum Gasteiger partial charge on any atom is -0.386 e. The third-order valence-corrected chi connectivity index (χ3v) is 6.30. The molecule has 4 heterocycles. The number of hydrogen-bond acceptors (Lipinski definition) is 6. The molecule has 176 valence electrons. The van der Waals surface area contributed by atoms with Gasteiger partial charge in [0.2, 0.25) is 0 Å². The fraction of sp³-hybridized carbons (Fsp3) is 0.400. The predicted molar refractivity (Wildman–Crippen MR) is 133 cm³/mol. The average Bonchev–Trinajstić information content (AvgIpc) is 3.44. The lowest BCUT2D eigenvalue weighted by atomic mass is 9.96. The minimum atomic E-state index is -1.02. The summed E-state index contributed by atoms with van der Waals surface area (Å²) in [6, 6.07) is 3.91. The van der Waals surface area contributed by atoms with Gasteiger partial charge >= 0.3 is 0 Å². The largest absolute Gasteiger partial charge is 0.386 e. The van der Waals surface area contributed by atoms with Crippen molar-refractivity contribution < 1.29 is 5.11 Å². The maximum Gasteiger partial charge on any atom is 0.156 e. The molecule has 3 aromatic heterocycles. The fourth-order valence-electron chi connectivity index (χ4n) is 4.68. The molecule has 1 aliphatic heterocycles. The molecule has 34 heavy (non-hydrogen) atoms. The summed E-state index contributed by atoms with van der Waals surface area (Å²) in [6.45, 7) is 8.12. The lowest BCUT2D eigenvalue weighted by molar-refractivity contribution is 0.0772. The van der Waals surface area contributed by atoms with Gasteiger partial charge in [0.05, 0.1) is 17.0 Å². The van der Waals surface area contributed by atoms with E-state index in [1.807, 2.05) is 36.9 Å². The number of aromatic nitrogens is 5. The van der Waals surface area contributed by atoms with Crippen LogP contribution in [0.25, 0.3) is 17.1 Å². The number of hydrogen-bond donors (Lipinski definition) is 3. The molecule has 3 N–H and O–H groups in total. The van der Waals surface area contributed by atoms with Crippen molar-refractivity contribution >= 4 is 23.7 Å². The first-order valence-electron chi connectivity index (χ1n) is 11.6. The van der Waals surface area contributed by atoms with Gasteiger partial charge in [-0.15, -0.1) is 0 Å². The van der Waals surface area contributed by atoms with Crippen molar-refractivity contribution in [3.05, 3.63) is 53.1 Å². The Morgan fingerprint density at radius 1 is 1.18 bits per heavy atom. The van der Waals surface area contributed by atoms with Crippen LogP contribution in [-0.2, 0) is 18.6 Å². The number of pyridine rings is 1. The summed E-state index contributed by atoms with van der Waals surface area (Å²) in [5.74, 6) is 2.18. The Morgan fingerprint density at radius 2 is 1.91 bits per heavy atom. The summed E-state index contributed by atoms with van der Waals surface area (Å²) in [7, 11) is 0. The molecular weight excluding hydrogens is 428 g/mol. The number of anilines is 1. The summed E-state index contributed by atoms with van der Waals surface area (Å²) < 4.78 is 3.70. The van der Waals surface area contributed by atoms with E-state index < -0.39 is 5.60 Å². The molecule has 5 rings (SSSR count). The summed E-state index contributed by atoms with van der Waals surface area (Å²) in [5.41, 5.74) is 4.15. The molecule has 0 radical (unpaired) electrons. The normalized spacial score (nSPS) is 18.9. The third-order valence-electron chi connectivity index (χ3n) is 6.30. The predicted octanol–water partition coefficient (Wildman–Crippen LogP) is 3.91. The first-order valence-corrected chi connectivity index (χ1v) is 11.6. The quantitative estimate of drug-likeness (QED) is 0.536. The van der Waals surface area contributed by atoms with E-state index in [2.05, 4.69) is 15.4 Å². The van der Waals surface area contributed by atoms with Crippen molar-refractivity contribution in [3.8, 4) is 11.3 Å². The summed E-state index contributed by atoms with van der Waals surface area (Å²) in [4.78, 5) is 8.84. The molecule has 0 amide bonds. The van der Waals surface area contributed by atoms with Gasteiger partial charge < -0.3 is 10.4 Å². The molecule has 0 saturated heterocycles. The second kappa shape index (κ2) is 8.32. The van der Waals surface area contributed by atoms with Crippen molar-refractivity contribution in [1.29, 1.82) is 5.41 Å². The SMILES string of the molecule is Cc1nn(C2=C/C(=N)Nc3c(c(-c4ccncc4)nn3CC3CC3)C/C=N\2)c(C)c1C(C)(C)O. The van der Waals surface area contributed by atoms with Gasteiger partial charge in [0.25, 0.3) is 0 Å². The molecule has 3 aromatic rings. The van der Waals surface area contributed by atoms with Crippen LogP contribution in [0.3, 0.4) is 0 Å². The number of aliphatic hydroxyl groups is 1. The Kier molecular flexibility index (Phi) is 5.44. The van der Waals surface area contributed by atoms with Crippen molar-refractivity contribution in [3.63, 3.8) is 0 Å². The van der Waals surface area contributed by atoms with E-state index in [0.717, 1.165) is 46.1 Å². The van der Waals surface area contributed by atoms with Gasteiger partial charge in [-0.3, -0.25) is 10.4 Å². The molecule has 1 saturated carbocycles. The van der Waals surface area contributed by atoms with Crippen LogP contribution in [0.4, 0.5) is 5.82 Å². The summed E-state index contributed by atoms with van der Waals surface area (Å²) >= 11 is 0. The van der Waals surface area contributed by atoms with E-state index in [9.17, 15) is 5.11 Å². The number of aryl methyl sites for hydroxylation is 1. The van der Waals surface area contributed by atoms with E-state index in [1.165, 1.54) is 12.8 Å². The van der Waals surface area contributed by atoms with Gasteiger partial charge in [-0.2, -0.15) is 10.2 Å². The van der Waals surface area contributed by atoms with Gasteiger partial charge in [-0.05, 0) is 58.6 Å². The number of fused-ring (bicyclic) bond motifs is 1. The molecule has 9 heteroatoms. The molecule has 0 bridgehead atoms. The van der Waals surface area contributed by atoms with Crippen molar-refractivity contribution in [1.82, 2.24) is 24.5 Å². The second-order valence-electron chi connectivity index (χ2n) is 9.61. The van der Waals surface area contributed by atoms with Gasteiger partial charge in [0.15, 0.2) is 5.82 Å². The highest BCUT2D eigenvalue weighted by Crippen LogP contribution is 2.35. The molecule has 2 aliphatic rings. The van der Waals surface area contributed by atoms with Gasteiger partial charge in [-0.1, -0.05) is 0 Å². The Hall–Kier alpha value is -3.59. The standard InChI is InChI=1S/C25H30N8O/c1-15-22(25(3,4)34)16(2)33(30-15)21-13-20(26)29-24-19(9-12-28-21)23(18-7-10-27-11-8-18)31-32(24)14-17-5-6-17/h7-8,10-13,17,34H,5-6,9,14H2,1-4H3,(H2,26,29)/b21-13+,28-12-. The van der Waals surface area contributed by atoms with Gasteiger partial charge in [-0.25, -0.2) is 14.4 Å². The monoisotopic (exact) mass is 458 g/mol. The van der Waals surface area contributed by atoms with Crippen LogP contribution in [0.2, 0.25) is 0 Å². The van der Waals surface area contributed by atoms with Gasteiger partial charge in [0, 0.05) is 60.0 Å². The zero-order chi connectivity index (χ0) is 24.0. The van der Waals surface area contributed by atoms with Crippen molar-refractivity contribution in [2.45, 2.75) is 59.1 Å². The van der Waals surface area contributed by atoms with Crippen LogP contribution in [0.15, 0.2) is 35.6 Å². The highest BCUT2D eigenvalue weighted by Gasteiger charge is 2.28. The molecule has 1 fully saturated rings. The first-order chi connectivity index (χ1) is 16.2. The number of amidine groups is 1. The van der Waals surface area contributed by atoms with Crippen LogP contribution < -0.4 is 5.32 Å². The second-order valence-corrected chi connectivity index (χ2v) is 9.61. The summed E-state index contributed by atoms with van der Waals surface area (Å²) in [6.07, 6.45) is 10.0. The Labute approximate surface area is 198 Å². The Bertz CT molecular complexity index is 1300. The minimum absolute atomic E-state index is 0.200. The highest BCUT2D eigenvalue weighted by atomic mass is 16.3. The molecule has 0 spiro atoms. The average molecular weight is 459 g/mol. The van der Waals surface area contributed by atoms with E-state index >= 15 is 0 Å². The molecule has 9 nitrogen and oxygen atoms in total. The molecule has 0 atom stereocenters. The van der Waals surface area contributed by atoms with Crippen LogP contribution >= 0.6 is 0 Å². The molecule has 0 aromatic carbocycles. The number of rotatable bonds is 5. The van der Waals surface area contributed by atoms with E-state index in [-0.39, 0.29) is 5.84 Å². The molecular formula is C25H30N8O. The zero-order valence-corrected chi connectivity index (χ0v) is 20.0. The number of nitrogens with one attached hydrogen (secondary N) is 2. The lowest BCUT2D eigenvalue weighted by Crippen LogP contribution is -2.18. The van der Waals surface area contributed by atoms with Crippen molar-refractivity contribution in [2.24, 2.45) is 10.9 Å². The molecule has 1 aliphatic carbocycles. The summed E-state index contributed by atoms with van der Waals surface area (Å²) in [5, 5.41) is 32.2. The van der Waals surface area contributed by atoms with E-state index in [0.29, 0.717) is 18.2 Å².